The Morgan fingerprint density at radius 1 is 1.21 bits per heavy atom. The number of pyridine rings is 1. The van der Waals surface area contributed by atoms with Crippen LogP contribution in [0.3, 0.4) is 0 Å². The molecule has 7 nitrogen and oxygen atoms in total. The number of aromatic nitrogens is 2. The monoisotopic (exact) mass is 489 g/mol. The predicted molar refractivity (Wildman–Crippen MR) is 124 cm³/mol. The number of carbonyl (C=O) groups excluding carboxylic acids is 1. The second kappa shape index (κ2) is 8.24. The van der Waals surface area contributed by atoms with E-state index in [9.17, 15) is 23.1 Å². The highest BCUT2D eigenvalue weighted by Crippen LogP contribution is 2.40. The number of nitrogens with one attached hydrogen (secondary N) is 1. The van der Waals surface area contributed by atoms with Crippen LogP contribution in [0.4, 0.5) is 34.6 Å². The maximum absolute atomic E-state index is 13.4. The SMILES string of the molecule is Cc1nc(NC(=O)N2c3nc(-c4cccc(C(F)(F)F)c4)ccc3N3CC[C@@H](O)[C@H]2C3)sc1C. The summed E-state index contributed by atoms with van der Waals surface area (Å²) in [7, 11) is 0. The van der Waals surface area contributed by atoms with Crippen molar-refractivity contribution in [2.45, 2.75) is 38.6 Å². The number of thiazole rings is 1. The molecule has 2 N–H and O–H groups in total. The minimum absolute atomic E-state index is 0.287. The highest BCUT2D eigenvalue weighted by atomic mass is 32.1. The van der Waals surface area contributed by atoms with Crippen LogP contribution in [-0.4, -0.2) is 46.3 Å². The van der Waals surface area contributed by atoms with Crippen molar-refractivity contribution in [1.29, 1.82) is 0 Å². The third-order valence-corrected chi connectivity index (χ3v) is 7.24. The molecule has 34 heavy (non-hydrogen) atoms. The number of piperidine rings is 1. The topological polar surface area (TPSA) is 81.6 Å². The zero-order chi connectivity index (χ0) is 24.2. The van der Waals surface area contributed by atoms with Crippen LogP contribution in [-0.2, 0) is 6.18 Å². The Labute approximate surface area is 197 Å². The lowest BCUT2D eigenvalue weighted by Gasteiger charge is -2.47. The van der Waals surface area contributed by atoms with Crippen LogP contribution in [0.5, 0.6) is 0 Å². The third kappa shape index (κ3) is 3.98. The summed E-state index contributed by atoms with van der Waals surface area (Å²) >= 11 is 1.35. The van der Waals surface area contributed by atoms with Crippen molar-refractivity contribution in [1.82, 2.24) is 9.97 Å². The Balaban J connectivity index is 1.57. The van der Waals surface area contributed by atoms with E-state index >= 15 is 0 Å². The van der Waals surface area contributed by atoms with Gasteiger partial charge in [0.25, 0.3) is 0 Å². The second-order valence-corrected chi connectivity index (χ2v) is 9.65. The lowest BCUT2D eigenvalue weighted by Crippen LogP contribution is -2.61. The van der Waals surface area contributed by atoms with Crippen molar-refractivity contribution in [2.24, 2.45) is 0 Å². The van der Waals surface area contributed by atoms with Crippen molar-refractivity contribution in [3.63, 3.8) is 0 Å². The molecule has 178 valence electrons. The molecule has 11 heteroatoms. The number of rotatable bonds is 2. The molecule has 4 heterocycles. The standard InChI is InChI=1S/C23H22F3N5O2S/c1-12-13(2)34-21(27-12)29-22(33)31-18-11-30(9-8-19(18)32)17-7-6-16(28-20(17)31)14-4-3-5-15(10-14)23(24,25)26/h3-7,10,18-19,32H,8-9,11H2,1-2H3,(H,27,29,33)/t18-,19-/m1/s1. The average Bonchev–Trinajstić information content (AvgIpc) is 3.11. The highest BCUT2D eigenvalue weighted by Gasteiger charge is 2.43. The smallest absolute Gasteiger partial charge is 0.391 e. The van der Waals surface area contributed by atoms with E-state index in [1.165, 1.54) is 22.3 Å². The number of benzene rings is 1. The number of fused-ring (bicyclic) bond motifs is 4. The van der Waals surface area contributed by atoms with Crippen LogP contribution in [0.1, 0.15) is 22.6 Å². The Kier molecular flexibility index (Phi) is 5.48. The van der Waals surface area contributed by atoms with Gasteiger partial charge in [-0.25, -0.2) is 14.8 Å². The molecule has 1 saturated heterocycles. The number of hydrogen-bond donors (Lipinski definition) is 2. The molecule has 0 radical (unpaired) electrons. The van der Waals surface area contributed by atoms with Gasteiger partial charge >= 0.3 is 12.2 Å². The maximum atomic E-state index is 13.4. The number of carbonyl (C=O) groups is 1. The number of aliphatic hydroxyl groups is 1. The van der Waals surface area contributed by atoms with Crippen LogP contribution >= 0.6 is 11.3 Å². The Bertz CT molecular complexity index is 1240. The molecule has 2 amide bonds. The third-order valence-electron chi connectivity index (χ3n) is 6.25. The molecule has 0 unspecified atom stereocenters. The molecule has 3 aromatic rings. The molecule has 1 fully saturated rings. The highest BCUT2D eigenvalue weighted by molar-refractivity contribution is 7.15. The van der Waals surface area contributed by atoms with Gasteiger partial charge in [0.1, 0.15) is 0 Å². The molecule has 1 aromatic carbocycles. The first-order chi connectivity index (χ1) is 16.1. The molecule has 2 aliphatic rings. The van der Waals surface area contributed by atoms with E-state index in [1.54, 1.807) is 18.2 Å². The maximum Gasteiger partial charge on any atom is 0.416 e. The number of urea groups is 1. The van der Waals surface area contributed by atoms with E-state index < -0.39 is 29.9 Å². The molecule has 2 aromatic heterocycles. The van der Waals surface area contributed by atoms with Gasteiger partial charge in [-0.2, -0.15) is 13.2 Å². The quantitative estimate of drug-likeness (QED) is 0.539. The van der Waals surface area contributed by atoms with Crippen molar-refractivity contribution in [3.05, 3.63) is 52.5 Å². The summed E-state index contributed by atoms with van der Waals surface area (Å²) in [6.07, 6.45) is -4.75. The van der Waals surface area contributed by atoms with Crippen LogP contribution in [0, 0.1) is 13.8 Å². The molecule has 0 saturated carbocycles. The zero-order valence-electron chi connectivity index (χ0n) is 18.4. The molecular weight excluding hydrogens is 467 g/mol. The van der Waals surface area contributed by atoms with Crippen molar-refractivity contribution in [3.8, 4) is 11.3 Å². The van der Waals surface area contributed by atoms with E-state index in [2.05, 4.69) is 15.3 Å². The summed E-state index contributed by atoms with van der Waals surface area (Å²) in [6.45, 7) is 4.78. The first-order valence-electron chi connectivity index (χ1n) is 10.8. The Morgan fingerprint density at radius 2 is 2.00 bits per heavy atom. The van der Waals surface area contributed by atoms with Gasteiger partial charge in [0, 0.05) is 23.5 Å². The van der Waals surface area contributed by atoms with Gasteiger partial charge in [0.2, 0.25) is 0 Å². The van der Waals surface area contributed by atoms with Gasteiger partial charge in [0.05, 0.1) is 34.8 Å². The number of nitrogens with zero attached hydrogens (tertiary/aromatic N) is 4. The van der Waals surface area contributed by atoms with Gasteiger partial charge < -0.3 is 10.0 Å². The number of amides is 2. The summed E-state index contributed by atoms with van der Waals surface area (Å²) in [6, 6.07) is 7.31. The predicted octanol–water partition coefficient (Wildman–Crippen LogP) is 4.83. The van der Waals surface area contributed by atoms with E-state index in [4.69, 9.17) is 0 Å². The summed E-state index contributed by atoms with van der Waals surface area (Å²) in [5.74, 6) is 0.299. The summed E-state index contributed by atoms with van der Waals surface area (Å²) < 4.78 is 39.7. The minimum atomic E-state index is -4.48. The largest absolute Gasteiger partial charge is 0.416 e. The molecule has 2 bridgehead atoms. The fourth-order valence-corrected chi connectivity index (χ4v) is 5.16. The number of hydrogen-bond acceptors (Lipinski definition) is 6. The summed E-state index contributed by atoms with van der Waals surface area (Å²) in [5, 5.41) is 13.9. The van der Waals surface area contributed by atoms with E-state index in [0.29, 0.717) is 41.8 Å². The molecule has 0 aliphatic carbocycles. The average molecular weight is 490 g/mol. The number of aliphatic hydroxyl groups excluding tert-OH is 1. The minimum Gasteiger partial charge on any atom is -0.391 e. The van der Waals surface area contributed by atoms with Crippen LogP contribution < -0.4 is 15.1 Å². The Morgan fingerprint density at radius 3 is 2.71 bits per heavy atom. The van der Waals surface area contributed by atoms with Crippen molar-refractivity contribution >= 4 is 34.0 Å². The normalized spacial score (nSPS) is 19.7. The number of anilines is 3. The molecule has 2 aliphatic heterocycles. The Hall–Kier alpha value is -3.18. The van der Waals surface area contributed by atoms with Crippen molar-refractivity contribution < 1.29 is 23.1 Å². The van der Waals surface area contributed by atoms with E-state index in [1.807, 2.05) is 18.7 Å². The fraction of sp³-hybridized carbons (Fsp3) is 0.348. The fourth-order valence-electron chi connectivity index (χ4n) is 4.35. The van der Waals surface area contributed by atoms with Crippen molar-refractivity contribution in [2.75, 3.05) is 28.2 Å². The summed E-state index contributed by atoms with van der Waals surface area (Å²) in [4.78, 5) is 26.8. The van der Waals surface area contributed by atoms with Crippen LogP contribution in [0.25, 0.3) is 11.3 Å². The lowest BCUT2D eigenvalue weighted by molar-refractivity contribution is -0.137. The van der Waals surface area contributed by atoms with Crippen LogP contribution in [0.2, 0.25) is 0 Å². The van der Waals surface area contributed by atoms with Gasteiger partial charge in [-0.1, -0.05) is 12.1 Å². The first kappa shape index (κ1) is 22.6. The molecule has 0 spiro atoms. The van der Waals surface area contributed by atoms with Gasteiger partial charge in [0.15, 0.2) is 10.9 Å². The lowest BCUT2D eigenvalue weighted by atomic mass is 9.96. The molecule has 2 atom stereocenters. The first-order valence-corrected chi connectivity index (χ1v) is 11.6. The number of aryl methyl sites for hydroxylation is 2. The zero-order valence-corrected chi connectivity index (χ0v) is 19.2. The van der Waals surface area contributed by atoms with E-state index in [-0.39, 0.29) is 5.56 Å². The number of alkyl halides is 3. The second-order valence-electron chi connectivity index (χ2n) is 8.45. The summed E-state index contributed by atoms with van der Waals surface area (Å²) in [5.41, 5.74) is 1.33. The van der Waals surface area contributed by atoms with Gasteiger partial charge in [-0.15, -0.1) is 11.3 Å². The number of halogens is 3. The molecular formula is C23H22F3N5O2S. The van der Waals surface area contributed by atoms with Crippen LogP contribution in [0.15, 0.2) is 36.4 Å². The van der Waals surface area contributed by atoms with Gasteiger partial charge in [-0.3, -0.25) is 10.2 Å². The van der Waals surface area contributed by atoms with E-state index in [0.717, 1.165) is 22.7 Å². The van der Waals surface area contributed by atoms with Gasteiger partial charge in [-0.05, 0) is 44.5 Å². The molecule has 5 rings (SSSR count).